The van der Waals surface area contributed by atoms with Gasteiger partial charge in [0, 0.05) is 41.3 Å². The molecule has 0 amide bonds. The molecule has 0 spiro atoms. The molecule has 30 atom stereocenters. The highest BCUT2D eigenvalue weighted by molar-refractivity contribution is 8.00. The van der Waals surface area contributed by atoms with E-state index in [9.17, 15) is 37.4 Å². The molecule has 6 aliphatic heterocycles. The van der Waals surface area contributed by atoms with Crippen LogP contribution in [0.15, 0.2) is 139 Å². The number of aliphatic hydroxyl groups excluding tert-OH is 3. The third-order valence-electron chi connectivity index (χ3n) is 21.2. The molecule has 6 heterocycles. The molecular weight excluding hydrogens is 1440 g/mol. The van der Waals surface area contributed by atoms with Gasteiger partial charge in [0.2, 0.25) is 0 Å². The van der Waals surface area contributed by atoms with Crippen molar-refractivity contribution in [3.05, 3.63) is 173 Å². The Hall–Kier alpha value is -7.02. The lowest BCUT2D eigenvalue weighted by molar-refractivity contribution is -0.349. The first kappa shape index (κ1) is 88.2. The lowest BCUT2D eigenvalue weighted by Gasteiger charge is -2.50. The van der Waals surface area contributed by atoms with Crippen LogP contribution < -0.4 is 0 Å². The molecule has 0 saturated carbocycles. The molecule has 108 heavy (non-hydrogen) atoms. The number of nitrogens with zero attached hydrogens (tertiary/aromatic N) is 12. The van der Waals surface area contributed by atoms with E-state index in [0.717, 1.165) is 32.9 Å². The Morgan fingerprint density at radius 1 is 0.407 bits per heavy atom. The monoisotopic (exact) mass is 1540 g/mol. The van der Waals surface area contributed by atoms with Crippen LogP contribution in [0.1, 0.15) is 111 Å². The van der Waals surface area contributed by atoms with E-state index in [1.54, 1.807) is 18.7 Å². The Kier molecular flexibility index (Phi) is 36.0. The van der Waals surface area contributed by atoms with Crippen LogP contribution in [0.25, 0.3) is 41.8 Å². The Morgan fingerprint density at radius 2 is 0.769 bits per heavy atom. The third kappa shape index (κ3) is 23.1. The Labute approximate surface area is 637 Å². The summed E-state index contributed by atoms with van der Waals surface area (Å²) in [5.41, 5.74) is 40.8. The summed E-state index contributed by atoms with van der Waals surface area (Å²) < 4.78 is 78.5. The van der Waals surface area contributed by atoms with Crippen molar-refractivity contribution < 1.29 is 91.3 Å². The van der Waals surface area contributed by atoms with Gasteiger partial charge in [-0.1, -0.05) is 202 Å². The molecule has 0 bridgehead atoms. The zero-order chi connectivity index (χ0) is 78.7. The average Bonchev–Trinajstić information content (AvgIpc) is 0.782. The molecule has 588 valence electrons. The third-order valence-corrected chi connectivity index (χ3v) is 23.5. The fraction of sp³-hybridized carbons (Fsp3) is 0.653. The van der Waals surface area contributed by atoms with Crippen LogP contribution >= 0.6 is 23.5 Å². The smallest absolute Gasteiger partial charge is 0.373 e. The van der Waals surface area contributed by atoms with Gasteiger partial charge in [0.1, 0.15) is 41.3 Å². The van der Waals surface area contributed by atoms with Crippen LogP contribution in [0.3, 0.4) is 0 Å². The minimum Gasteiger partial charge on any atom is -0.394 e. The SMILES string of the molecule is CCC1O[C@H](O[C@@H]2C(C)O[C@@H](O[C@@H]3C(CC)OC(Sc4ccc(C)cc4)C(N=[N+]=[N-])[C@H]3C)C(OCc3ccccc3)[C@H]2C)C(N=[N+]=[N-])[C@@H](C)[C@@H]1C.Cc1ccc(SC2OC(CO)[C@@H](O[C@@H]3OC(C)[C@@H](O[C@H]4OC(CO)[C@@H](C)[C@H](C)C4N=[N+]=[N-])[C@H](C)C3OCc3ccccc3)[C@H](O)C2N=[N+]=[N-])cc1.O=C=O.O=C=O. The van der Waals surface area contributed by atoms with E-state index in [1.807, 2.05) is 120 Å². The molecule has 14 unspecified atom stereocenters. The van der Waals surface area contributed by atoms with E-state index in [-0.39, 0.29) is 78.7 Å². The Balaban J connectivity index is 0.000000280. The number of benzene rings is 4. The summed E-state index contributed by atoms with van der Waals surface area (Å²) in [6, 6.07) is 32.8. The van der Waals surface area contributed by atoms with Gasteiger partial charge >= 0.3 is 12.3 Å². The summed E-state index contributed by atoms with van der Waals surface area (Å²) in [4.78, 5) is 46.8. The molecule has 6 aliphatic rings. The van der Waals surface area contributed by atoms with Gasteiger partial charge in [0.05, 0.1) is 99.5 Å². The fourth-order valence-electron chi connectivity index (χ4n) is 14.6. The first-order valence-electron chi connectivity index (χ1n) is 36.4. The second-order valence-corrected chi connectivity index (χ2v) is 30.4. The number of carbonyl (C=O) groups excluding carboxylic acids is 4. The zero-order valence-corrected chi connectivity index (χ0v) is 64.6. The molecule has 3 N–H and O–H groups in total. The first-order chi connectivity index (χ1) is 52.0. The lowest BCUT2D eigenvalue weighted by atomic mass is 9.81. The van der Waals surface area contributed by atoms with Gasteiger partial charge in [-0.3, -0.25) is 0 Å². The minimum absolute atomic E-state index is 0.0257. The van der Waals surface area contributed by atoms with Crippen molar-refractivity contribution in [1.82, 2.24) is 0 Å². The predicted octanol–water partition coefficient (Wildman–Crippen LogP) is 13.4. The van der Waals surface area contributed by atoms with Gasteiger partial charge in [0.25, 0.3) is 0 Å². The van der Waals surface area contributed by atoms with Crippen LogP contribution in [0.2, 0.25) is 0 Å². The molecular formula is C75H102N12O19S2. The molecule has 0 radical (unpaired) electrons. The second kappa shape index (κ2) is 44.1. The van der Waals surface area contributed by atoms with Crippen molar-refractivity contribution in [1.29, 1.82) is 0 Å². The number of aliphatic hydroxyl groups is 3. The maximum absolute atomic E-state index is 11.7. The van der Waals surface area contributed by atoms with Crippen LogP contribution in [0.4, 0.5) is 0 Å². The van der Waals surface area contributed by atoms with Gasteiger partial charge in [0.15, 0.2) is 25.2 Å². The van der Waals surface area contributed by atoms with Gasteiger partial charge < -0.3 is 72.2 Å². The summed E-state index contributed by atoms with van der Waals surface area (Å²) in [6.45, 7) is 26.0. The van der Waals surface area contributed by atoms with Crippen molar-refractivity contribution in [3.8, 4) is 0 Å². The Bertz CT molecular complexity index is 3420. The standard InChI is InChI=1S/C38H54N6O6S.C35H48N6O9S.2CO2/c1-9-29-22(4)23(5)31(41-43-39)36(47-29)49-33-25(7)35(45-20-27-14-12-11-13-15-27)37(46-26(33)8)50-34-24(6)32(42-44-40)38(48-30(34)10-2)51-28-18-16-21(3)17-19-28;1-18-11-13-24(14-12-18)51-35-28(39-41-37)29(44)32(26(16-43)48-35)50-34-31(45-17-23-9-7-6-8-10-23)21(4)30(22(5)46-34)49-33-27(38-40-36)20(3)19(2)25(15-42)47-33;2*2-1-3/h11-19,22-26,29-38H,9-10,20H2,1-8H3;6-14,19-22,25-35,42-44H,15-17H2,1-5H3;;/t22-,23-,24+,25-,26?,29?,30?,31?,32?,33-,34-,35?,36+,37-,38?;19-,20-,21-,22?,25?,26?,27?,28?,29+,30-,31?,32+,33+,34-,35?;;/m00../s1. The quantitative estimate of drug-likeness (QED) is 0.0298. The molecule has 33 heteroatoms. The highest BCUT2D eigenvalue weighted by Gasteiger charge is 2.55. The van der Waals surface area contributed by atoms with E-state index >= 15 is 0 Å². The number of aryl methyl sites for hydroxylation is 2. The van der Waals surface area contributed by atoms with Gasteiger partial charge in [-0.2, -0.15) is 19.2 Å². The van der Waals surface area contributed by atoms with Gasteiger partial charge in [-0.05, 0) is 128 Å². The number of hydrogen-bond acceptors (Lipinski definition) is 25. The van der Waals surface area contributed by atoms with Crippen LogP contribution in [0, 0.1) is 55.3 Å². The summed E-state index contributed by atoms with van der Waals surface area (Å²) in [5, 5.41) is 48.4. The summed E-state index contributed by atoms with van der Waals surface area (Å²) in [6.07, 6.45) is -9.73. The van der Waals surface area contributed by atoms with Gasteiger partial charge in [-0.25, -0.2) is 0 Å². The van der Waals surface area contributed by atoms with Crippen molar-refractivity contribution in [3.63, 3.8) is 0 Å². The normalized spacial score (nSPS) is 36.3. The highest BCUT2D eigenvalue weighted by atomic mass is 32.2. The maximum Gasteiger partial charge on any atom is 0.373 e. The number of thioether (sulfide) groups is 2. The summed E-state index contributed by atoms with van der Waals surface area (Å²) in [5.74, 6) is -0.759. The predicted molar refractivity (Wildman–Crippen MR) is 394 cm³/mol. The van der Waals surface area contributed by atoms with Crippen LogP contribution in [-0.2, 0) is 89.2 Å². The van der Waals surface area contributed by atoms with Gasteiger partial charge in [-0.15, -0.1) is 0 Å². The van der Waals surface area contributed by atoms with Crippen LogP contribution in [-0.4, -0.2) is 180 Å². The first-order valence-corrected chi connectivity index (χ1v) is 38.2. The van der Waals surface area contributed by atoms with Crippen molar-refractivity contribution in [2.45, 2.75) is 265 Å². The number of rotatable bonds is 26. The van der Waals surface area contributed by atoms with E-state index in [0.29, 0.717) is 13.0 Å². The number of hydrogen-bond donors (Lipinski definition) is 3. The lowest BCUT2D eigenvalue weighted by Crippen LogP contribution is -2.63. The van der Waals surface area contributed by atoms with Crippen molar-refractivity contribution in [2.24, 2.45) is 61.9 Å². The fourth-order valence-corrected chi connectivity index (χ4v) is 16.9. The van der Waals surface area contributed by atoms with E-state index in [1.165, 1.54) is 17.3 Å². The minimum atomic E-state index is -1.37. The molecule has 31 nitrogen and oxygen atoms in total. The number of ether oxygens (including phenoxy) is 12. The molecule has 0 aliphatic carbocycles. The summed E-state index contributed by atoms with van der Waals surface area (Å²) >= 11 is 2.84. The Morgan fingerprint density at radius 3 is 1.18 bits per heavy atom. The molecule has 0 aromatic heterocycles. The molecule has 4 aromatic rings. The highest BCUT2D eigenvalue weighted by Crippen LogP contribution is 2.46. The summed E-state index contributed by atoms with van der Waals surface area (Å²) in [7, 11) is 0. The molecule has 6 saturated heterocycles. The van der Waals surface area contributed by atoms with Crippen molar-refractivity contribution >= 4 is 35.8 Å². The van der Waals surface area contributed by atoms with E-state index < -0.39 is 134 Å². The van der Waals surface area contributed by atoms with Crippen molar-refractivity contribution in [2.75, 3.05) is 13.2 Å². The second-order valence-electron chi connectivity index (χ2n) is 28.0. The topological polar surface area (TPSA) is 435 Å². The van der Waals surface area contributed by atoms with Crippen LogP contribution in [0.5, 0.6) is 0 Å². The molecule has 10 rings (SSSR count). The maximum atomic E-state index is 11.7. The molecule has 4 aromatic carbocycles. The van der Waals surface area contributed by atoms with E-state index in [2.05, 4.69) is 113 Å². The largest absolute Gasteiger partial charge is 0.394 e. The molecule has 6 fully saturated rings. The zero-order valence-electron chi connectivity index (χ0n) is 63.0. The average molecular weight is 1540 g/mol. The van der Waals surface area contributed by atoms with E-state index in [4.69, 9.17) is 76.0 Å². The number of azide groups is 4.